The second-order valence-corrected chi connectivity index (χ2v) is 4.25. The maximum atomic E-state index is 11.8. The van der Waals surface area contributed by atoms with Gasteiger partial charge in [0.15, 0.2) is 0 Å². The Bertz CT molecular complexity index is 539. The highest BCUT2D eigenvalue weighted by molar-refractivity contribution is 9.10. The molecule has 0 unspecified atom stereocenters. The van der Waals surface area contributed by atoms with Gasteiger partial charge in [-0.25, -0.2) is 0 Å². The van der Waals surface area contributed by atoms with Gasteiger partial charge in [-0.1, -0.05) is 0 Å². The number of nitrogens with zero attached hydrogens (tertiary/aromatic N) is 2. The Kier molecular flexibility index (Phi) is 2.48. The summed E-state index contributed by atoms with van der Waals surface area (Å²) < 4.78 is 2.35. The van der Waals surface area contributed by atoms with Gasteiger partial charge in [-0.3, -0.25) is 19.6 Å². The second-order valence-electron chi connectivity index (χ2n) is 3.34. The van der Waals surface area contributed by atoms with Crippen molar-refractivity contribution < 1.29 is 0 Å². The summed E-state index contributed by atoms with van der Waals surface area (Å²) in [5, 5.41) is 2.94. The summed E-state index contributed by atoms with van der Waals surface area (Å²) in [5.74, 6) is 0. The van der Waals surface area contributed by atoms with Gasteiger partial charge in [0.25, 0.3) is 5.56 Å². The molecule has 2 aromatic heterocycles. The average molecular weight is 268 g/mol. The molecule has 5 heteroatoms. The molecule has 2 rings (SSSR count). The van der Waals surface area contributed by atoms with Gasteiger partial charge in [-0.15, -0.1) is 0 Å². The first-order chi connectivity index (χ1) is 7.09. The molecule has 2 heterocycles. The van der Waals surface area contributed by atoms with Crippen molar-refractivity contribution in [3.63, 3.8) is 0 Å². The third kappa shape index (κ3) is 1.74. The minimum atomic E-state index is -0.0534. The van der Waals surface area contributed by atoms with E-state index in [2.05, 4.69) is 26.0 Å². The highest BCUT2D eigenvalue weighted by Crippen LogP contribution is 2.17. The standard InChI is InChI=1S/C10H10BrN3O/c1-6-9(10(15)14(2)13-6)8-4-3-7(11)5-12-8/h3-5,13H,1-2H3. The number of aromatic amines is 1. The third-order valence-electron chi connectivity index (χ3n) is 2.21. The van der Waals surface area contributed by atoms with Gasteiger partial charge in [0.05, 0.1) is 11.3 Å². The number of aryl methyl sites for hydroxylation is 2. The van der Waals surface area contributed by atoms with Crippen LogP contribution in [0.25, 0.3) is 11.3 Å². The molecule has 2 aromatic rings. The Morgan fingerprint density at radius 2 is 2.20 bits per heavy atom. The van der Waals surface area contributed by atoms with Crippen molar-refractivity contribution >= 4 is 15.9 Å². The van der Waals surface area contributed by atoms with E-state index in [9.17, 15) is 4.79 Å². The largest absolute Gasteiger partial charge is 0.300 e. The molecular weight excluding hydrogens is 258 g/mol. The number of nitrogens with one attached hydrogen (secondary N) is 1. The Morgan fingerprint density at radius 3 is 2.67 bits per heavy atom. The molecule has 0 saturated carbocycles. The molecular formula is C10H10BrN3O. The number of pyridine rings is 1. The number of rotatable bonds is 1. The molecule has 0 radical (unpaired) electrons. The Labute approximate surface area is 95.1 Å². The predicted octanol–water partition coefficient (Wildman–Crippen LogP) is 1.85. The van der Waals surface area contributed by atoms with Crippen molar-refractivity contribution in [1.29, 1.82) is 0 Å². The zero-order chi connectivity index (χ0) is 11.0. The molecule has 0 saturated heterocycles. The molecule has 0 fully saturated rings. The monoisotopic (exact) mass is 267 g/mol. The van der Waals surface area contributed by atoms with E-state index < -0.39 is 0 Å². The van der Waals surface area contributed by atoms with Crippen molar-refractivity contribution in [2.75, 3.05) is 0 Å². The SMILES string of the molecule is Cc1[nH]n(C)c(=O)c1-c1ccc(Br)cn1. The average Bonchev–Trinajstić information content (AvgIpc) is 2.44. The number of aromatic nitrogens is 3. The van der Waals surface area contributed by atoms with Gasteiger partial charge in [-0.2, -0.15) is 0 Å². The summed E-state index contributed by atoms with van der Waals surface area (Å²) >= 11 is 3.31. The number of halogens is 1. The van der Waals surface area contributed by atoms with Gasteiger partial charge in [0.1, 0.15) is 0 Å². The van der Waals surface area contributed by atoms with Gasteiger partial charge in [0, 0.05) is 23.4 Å². The number of hydrogen-bond donors (Lipinski definition) is 1. The lowest BCUT2D eigenvalue weighted by Crippen LogP contribution is -2.13. The van der Waals surface area contributed by atoms with Crippen LogP contribution in [0.15, 0.2) is 27.6 Å². The second kappa shape index (κ2) is 3.66. The molecule has 0 atom stereocenters. The first-order valence-corrected chi connectivity index (χ1v) is 5.26. The fourth-order valence-electron chi connectivity index (χ4n) is 1.51. The maximum absolute atomic E-state index is 11.8. The summed E-state index contributed by atoms with van der Waals surface area (Å²) in [5.41, 5.74) is 2.10. The van der Waals surface area contributed by atoms with Crippen LogP contribution in [0, 0.1) is 6.92 Å². The van der Waals surface area contributed by atoms with Crippen LogP contribution in [-0.2, 0) is 7.05 Å². The van der Waals surface area contributed by atoms with Crippen LogP contribution in [-0.4, -0.2) is 14.8 Å². The van der Waals surface area contributed by atoms with Crippen molar-refractivity contribution in [2.24, 2.45) is 7.05 Å². The summed E-state index contributed by atoms with van der Waals surface area (Å²) in [6.45, 7) is 1.86. The smallest absolute Gasteiger partial charge is 0.275 e. The lowest BCUT2D eigenvalue weighted by molar-refractivity contribution is 0.731. The molecule has 0 aliphatic carbocycles. The summed E-state index contributed by atoms with van der Waals surface area (Å²) in [7, 11) is 1.69. The third-order valence-corrected chi connectivity index (χ3v) is 2.68. The zero-order valence-corrected chi connectivity index (χ0v) is 10.00. The van der Waals surface area contributed by atoms with Crippen molar-refractivity contribution in [2.45, 2.75) is 6.92 Å². The number of H-pyrrole nitrogens is 1. The van der Waals surface area contributed by atoms with Gasteiger partial charge in [0.2, 0.25) is 0 Å². The quantitative estimate of drug-likeness (QED) is 0.858. The molecule has 0 aliphatic heterocycles. The highest BCUT2D eigenvalue weighted by atomic mass is 79.9. The minimum absolute atomic E-state index is 0.0534. The Balaban J connectivity index is 2.64. The van der Waals surface area contributed by atoms with Gasteiger partial charge >= 0.3 is 0 Å². The van der Waals surface area contributed by atoms with Crippen LogP contribution in [0.5, 0.6) is 0 Å². The molecule has 0 spiro atoms. The van der Waals surface area contributed by atoms with Gasteiger partial charge < -0.3 is 0 Å². The van der Waals surface area contributed by atoms with E-state index in [1.165, 1.54) is 4.68 Å². The predicted molar refractivity (Wildman–Crippen MR) is 61.7 cm³/mol. The zero-order valence-electron chi connectivity index (χ0n) is 8.41. The highest BCUT2D eigenvalue weighted by Gasteiger charge is 2.11. The normalized spacial score (nSPS) is 10.6. The number of hydrogen-bond acceptors (Lipinski definition) is 2. The van der Waals surface area contributed by atoms with Crippen LogP contribution in [0.4, 0.5) is 0 Å². The van der Waals surface area contributed by atoms with Crippen LogP contribution >= 0.6 is 15.9 Å². The van der Waals surface area contributed by atoms with E-state index in [1.54, 1.807) is 13.2 Å². The summed E-state index contributed by atoms with van der Waals surface area (Å²) in [6, 6.07) is 3.69. The van der Waals surface area contributed by atoms with Crippen LogP contribution < -0.4 is 5.56 Å². The molecule has 0 aliphatic rings. The van der Waals surface area contributed by atoms with E-state index in [0.717, 1.165) is 10.2 Å². The molecule has 0 amide bonds. The summed E-state index contributed by atoms with van der Waals surface area (Å²) in [6.07, 6.45) is 1.68. The van der Waals surface area contributed by atoms with Crippen molar-refractivity contribution in [1.82, 2.24) is 14.8 Å². The Hall–Kier alpha value is -1.36. The van der Waals surface area contributed by atoms with E-state index in [-0.39, 0.29) is 5.56 Å². The minimum Gasteiger partial charge on any atom is -0.300 e. The van der Waals surface area contributed by atoms with E-state index >= 15 is 0 Å². The van der Waals surface area contributed by atoms with E-state index in [4.69, 9.17) is 0 Å². The topological polar surface area (TPSA) is 50.7 Å². The Morgan fingerprint density at radius 1 is 1.47 bits per heavy atom. The van der Waals surface area contributed by atoms with Crippen molar-refractivity contribution in [3.05, 3.63) is 38.9 Å². The van der Waals surface area contributed by atoms with Crippen LogP contribution in [0.2, 0.25) is 0 Å². The van der Waals surface area contributed by atoms with Crippen LogP contribution in [0.1, 0.15) is 5.69 Å². The fourth-order valence-corrected chi connectivity index (χ4v) is 1.75. The first kappa shape index (κ1) is 10.2. The lowest BCUT2D eigenvalue weighted by atomic mass is 10.2. The molecule has 0 aromatic carbocycles. The van der Waals surface area contributed by atoms with E-state index in [0.29, 0.717) is 11.3 Å². The maximum Gasteiger partial charge on any atom is 0.275 e. The molecule has 0 bridgehead atoms. The molecule has 15 heavy (non-hydrogen) atoms. The molecule has 1 N–H and O–H groups in total. The lowest BCUT2D eigenvalue weighted by Gasteiger charge is -1.96. The summed E-state index contributed by atoms with van der Waals surface area (Å²) in [4.78, 5) is 16.0. The van der Waals surface area contributed by atoms with E-state index in [1.807, 2.05) is 19.1 Å². The van der Waals surface area contributed by atoms with Crippen molar-refractivity contribution in [3.8, 4) is 11.3 Å². The molecule has 78 valence electrons. The van der Waals surface area contributed by atoms with Gasteiger partial charge in [-0.05, 0) is 35.0 Å². The first-order valence-electron chi connectivity index (χ1n) is 4.47. The van der Waals surface area contributed by atoms with Crippen LogP contribution in [0.3, 0.4) is 0 Å². The molecule has 4 nitrogen and oxygen atoms in total. The fraction of sp³-hybridized carbons (Fsp3) is 0.200.